The Morgan fingerprint density at radius 2 is 1.15 bits per heavy atom. The molecule has 0 amide bonds. The smallest absolute Gasteiger partial charge is 1.00 e. The summed E-state index contributed by atoms with van der Waals surface area (Å²) in [5.74, 6) is 5.26. The Morgan fingerprint density at radius 3 is 1.35 bits per heavy atom. The van der Waals surface area contributed by atoms with Crippen molar-refractivity contribution in [3.05, 3.63) is 41.1 Å². The molecule has 0 nitrogen and oxygen atoms in total. The molecule has 0 fully saturated rings. The molecule has 0 spiro atoms. The maximum absolute atomic E-state index is 2.63. The van der Waals surface area contributed by atoms with Gasteiger partial charge in [-0.2, -0.15) is 0 Å². The first-order chi connectivity index (χ1) is 8.40. The monoisotopic (exact) mass is 540 g/mol. The van der Waals surface area contributed by atoms with Crippen LogP contribution in [0.4, 0.5) is 0 Å². The van der Waals surface area contributed by atoms with E-state index in [-0.39, 0.29) is 24.8 Å². The minimum absolute atomic E-state index is 0. The average molecular weight is 538 g/mol. The Hall–Kier alpha value is 0.953. The molecule has 0 unspecified atom stereocenters. The van der Waals surface area contributed by atoms with Crippen LogP contribution in [-0.2, 0) is 18.3 Å². The van der Waals surface area contributed by atoms with Crippen molar-refractivity contribution in [2.24, 2.45) is 0 Å². The van der Waals surface area contributed by atoms with Crippen LogP contribution in [0.3, 0.4) is 0 Å². The van der Waals surface area contributed by atoms with Crippen molar-refractivity contribution < 1.29 is 43.2 Å². The Kier molecular flexibility index (Phi) is 8.96. The Balaban J connectivity index is 0.00000180. The van der Waals surface area contributed by atoms with Gasteiger partial charge in [-0.05, 0) is 0 Å². The fourth-order valence-electron chi connectivity index (χ4n) is 3.21. The summed E-state index contributed by atoms with van der Waals surface area (Å²) >= 11 is -1.63. The van der Waals surface area contributed by atoms with E-state index in [2.05, 4.69) is 51.4 Å². The van der Waals surface area contributed by atoms with Gasteiger partial charge in [-0.1, -0.05) is 0 Å². The summed E-state index contributed by atoms with van der Waals surface area (Å²) in [4.78, 5) is 0. The van der Waals surface area contributed by atoms with Gasteiger partial charge in [-0.3, -0.25) is 0 Å². The Morgan fingerprint density at radius 1 is 0.800 bits per heavy atom. The van der Waals surface area contributed by atoms with Crippen LogP contribution in [0, 0.1) is 0 Å². The van der Waals surface area contributed by atoms with Crippen LogP contribution in [0.1, 0.15) is 40.5 Å². The van der Waals surface area contributed by atoms with E-state index in [1.54, 1.807) is 22.3 Å². The van der Waals surface area contributed by atoms with Gasteiger partial charge >= 0.3 is 122 Å². The van der Waals surface area contributed by atoms with Crippen LogP contribution >= 0.6 is 0 Å². The molecule has 0 saturated carbocycles. The third kappa shape index (κ3) is 4.47. The van der Waals surface area contributed by atoms with Crippen LogP contribution in [-0.4, -0.2) is 10.1 Å². The molecule has 0 radical (unpaired) electrons. The summed E-state index contributed by atoms with van der Waals surface area (Å²) < 4.78 is 3.91. The van der Waals surface area contributed by atoms with Gasteiger partial charge in [0.15, 0.2) is 0 Å². The fraction of sp³-hybridized carbons (Fsp3) is 0.500. The zero-order valence-corrected chi connectivity index (χ0v) is 20.5. The SMILES string of the molecule is CC1=CC(C)=[C]([Hf+2]([C]2=C(C)C=C(C)C2)=[Ge]([CH3])[CH3])C1.[Cl-].[Cl-]. The van der Waals surface area contributed by atoms with Crippen molar-refractivity contribution in [2.75, 3.05) is 0 Å². The van der Waals surface area contributed by atoms with Crippen LogP contribution in [0.25, 0.3) is 0 Å². The predicted molar refractivity (Wildman–Crippen MR) is 79.6 cm³/mol. The molecule has 0 atom stereocenters. The molecule has 0 aromatic rings. The van der Waals surface area contributed by atoms with E-state index >= 15 is 0 Å². The molecule has 20 heavy (non-hydrogen) atoms. The van der Waals surface area contributed by atoms with Gasteiger partial charge in [-0.15, -0.1) is 0 Å². The van der Waals surface area contributed by atoms with Crippen molar-refractivity contribution >= 4 is 10.1 Å². The summed E-state index contributed by atoms with van der Waals surface area (Å²) in [5, 5.41) is 0. The number of hydrogen-bond acceptors (Lipinski definition) is 0. The first-order valence-electron chi connectivity index (χ1n) is 6.82. The second-order valence-corrected chi connectivity index (χ2v) is 44.5. The largest absolute Gasteiger partial charge is 1.00 e. The third-order valence-corrected chi connectivity index (χ3v) is 43.5. The van der Waals surface area contributed by atoms with E-state index in [0.717, 1.165) is 0 Å². The van der Waals surface area contributed by atoms with Crippen molar-refractivity contribution in [3.63, 3.8) is 0 Å². The quantitative estimate of drug-likeness (QED) is 0.401. The standard InChI is InChI=1S/2C7H9.C2H6Ge.2ClH.Hf/c2*1-6-3-4-7(2)5-6;1-3-2;;;/h2*5H,3H2,1-2H3;1-2H3;2*1H;/q;;;;;+2/p-2. The molecule has 0 N–H and O–H groups in total. The van der Waals surface area contributed by atoms with E-state index in [1.165, 1.54) is 12.8 Å². The zero-order chi connectivity index (χ0) is 13.4. The normalized spacial score (nSPS) is 17.1. The predicted octanol–water partition coefficient (Wildman–Crippen LogP) is -0.888. The van der Waals surface area contributed by atoms with Crippen molar-refractivity contribution in [2.45, 2.75) is 52.0 Å². The number of allylic oxidation sites excluding steroid dienone is 8. The molecule has 4 heteroatoms. The van der Waals surface area contributed by atoms with Gasteiger partial charge in [0, 0.05) is 0 Å². The van der Waals surface area contributed by atoms with Crippen LogP contribution < -0.4 is 24.8 Å². The second-order valence-electron chi connectivity index (χ2n) is 6.03. The molecular weight excluding hydrogens is 514 g/mol. The minimum atomic E-state index is -1.63. The summed E-state index contributed by atoms with van der Waals surface area (Å²) in [6.45, 7) is 9.35. The third-order valence-electron chi connectivity index (χ3n) is 3.89. The summed E-state index contributed by atoms with van der Waals surface area (Å²) in [5.41, 5.74) is 6.50. The molecule has 0 heterocycles. The van der Waals surface area contributed by atoms with Crippen molar-refractivity contribution in [3.8, 4) is 0 Å². The molecule has 110 valence electrons. The van der Waals surface area contributed by atoms with Crippen LogP contribution in [0.5, 0.6) is 0 Å². The summed E-state index contributed by atoms with van der Waals surface area (Å²) in [6.07, 6.45) is 7.54. The minimum Gasteiger partial charge on any atom is -1.00 e. The number of halogens is 2. The number of hydrogen-bond donors (Lipinski definition) is 0. The first-order valence-corrected chi connectivity index (χ1v) is 25.0. The molecule has 2 rings (SSSR count). The van der Waals surface area contributed by atoms with E-state index in [4.69, 9.17) is 0 Å². The van der Waals surface area contributed by atoms with Gasteiger partial charge in [0.05, 0.1) is 0 Å². The summed E-state index contributed by atoms with van der Waals surface area (Å²) in [6, 6.07) is 0. The second kappa shape index (κ2) is 8.55. The van der Waals surface area contributed by atoms with E-state index in [0.29, 0.717) is 0 Å². The first kappa shape index (κ1) is 21.0. The van der Waals surface area contributed by atoms with Crippen molar-refractivity contribution in [1.29, 1.82) is 0 Å². The maximum atomic E-state index is 2.63. The fourth-order valence-corrected chi connectivity index (χ4v) is 46.0. The molecule has 2 aliphatic carbocycles. The zero-order valence-electron chi connectivity index (χ0n) is 13.3. The van der Waals surface area contributed by atoms with Crippen LogP contribution in [0.2, 0.25) is 11.5 Å². The molecule has 0 aromatic heterocycles. The van der Waals surface area contributed by atoms with Gasteiger partial charge in [-0.25, -0.2) is 0 Å². The number of rotatable bonds is 2. The van der Waals surface area contributed by atoms with Crippen LogP contribution in [0.15, 0.2) is 41.1 Å². The average Bonchev–Trinajstić information content (AvgIpc) is 2.71. The molecule has 0 bridgehead atoms. The van der Waals surface area contributed by atoms with Gasteiger partial charge < -0.3 is 24.8 Å². The topological polar surface area (TPSA) is 0 Å². The van der Waals surface area contributed by atoms with E-state index < -0.39 is 28.4 Å². The Labute approximate surface area is 145 Å². The molecule has 0 aromatic carbocycles. The summed E-state index contributed by atoms with van der Waals surface area (Å²) in [7, 11) is -0.773. The maximum Gasteiger partial charge on any atom is -1.00 e. The van der Waals surface area contributed by atoms with Gasteiger partial charge in [0.2, 0.25) is 0 Å². The molecule has 0 saturated heterocycles. The molecule has 2 aliphatic rings. The van der Waals surface area contributed by atoms with E-state index in [1.807, 2.05) is 6.66 Å². The van der Waals surface area contributed by atoms with E-state index in [9.17, 15) is 0 Å². The molecular formula is C16H24Cl2GeHf. The Bertz CT molecular complexity index is 515. The van der Waals surface area contributed by atoms with Gasteiger partial charge in [0.25, 0.3) is 0 Å². The van der Waals surface area contributed by atoms with Crippen molar-refractivity contribution in [1.82, 2.24) is 0 Å². The van der Waals surface area contributed by atoms with Gasteiger partial charge in [0.1, 0.15) is 0 Å². The molecule has 0 aliphatic heterocycles.